The molecule has 0 radical (unpaired) electrons. The topological polar surface area (TPSA) is 0 Å². The zero-order valence-corrected chi connectivity index (χ0v) is 11.9. The summed E-state index contributed by atoms with van der Waals surface area (Å²) in [6.07, 6.45) is 10.8. The molecule has 0 unspecified atom stereocenters. The Balaban J connectivity index is 2.13. The van der Waals surface area contributed by atoms with Crippen molar-refractivity contribution in [1.82, 2.24) is 0 Å². The molecule has 0 aliphatic rings. The maximum absolute atomic E-state index is 3.95. The van der Waals surface area contributed by atoms with E-state index in [4.69, 9.17) is 0 Å². The minimum absolute atomic E-state index is 0.824. The highest BCUT2D eigenvalue weighted by molar-refractivity contribution is 5.48. The van der Waals surface area contributed by atoms with Crippen molar-refractivity contribution in [2.45, 2.75) is 46.0 Å². The smallest absolute Gasteiger partial charge is 0.0260 e. The quantitative estimate of drug-likeness (QED) is 0.501. The van der Waals surface area contributed by atoms with Gasteiger partial charge in [-0.25, -0.2) is 0 Å². The largest absolute Gasteiger partial charge is 0.100 e. The third kappa shape index (κ3) is 7.11. The van der Waals surface area contributed by atoms with Gasteiger partial charge >= 0.3 is 0 Å². The molecule has 18 heavy (non-hydrogen) atoms. The highest BCUT2D eigenvalue weighted by atomic mass is 14.1. The summed E-state index contributed by atoms with van der Waals surface area (Å²) in [6, 6.07) is 10.5. The van der Waals surface area contributed by atoms with Gasteiger partial charge in [-0.1, -0.05) is 61.4 Å². The molecule has 0 aliphatic heterocycles. The van der Waals surface area contributed by atoms with Crippen LogP contribution in [0.2, 0.25) is 0 Å². The minimum atomic E-state index is 0.824. The molecular formula is C18H26. The zero-order valence-electron chi connectivity index (χ0n) is 11.9. The molecule has 0 heterocycles. The standard InChI is InChI=1S/C18H26/c1-16(2)10-9-12-17(3)11-7-8-15-18-13-5-4-6-14-18/h4-6,8,13-15,17H,1,7,9-12H2,2-3H3/t17-/m1/s1. The second kappa shape index (κ2) is 8.74. The van der Waals surface area contributed by atoms with Crippen LogP contribution >= 0.6 is 0 Å². The average Bonchev–Trinajstić information content (AvgIpc) is 2.35. The van der Waals surface area contributed by atoms with E-state index in [9.17, 15) is 0 Å². The predicted octanol–water partition coefficient (Wildman–Crippen LogP) is 5.86. The first-order valence-corrected chi connectivity index (χ1v) is 7.04. The Bertz CT molecular complexity index is 359. The van der Waals surface area contributed by atoms with Crippen LogP contribution in [0.3, 0.4) is 0 Å². The molecule has 0 nitrogen and oxygen atoms in total. The molecule has 0 N–H and O–H groups in total. The molecule has 0 aliphatic carbocycles. The minimum Gasteiger partial charge on any atom is -0.100 e. The van der Waals surface area contributed by atoms with E-state index in [1.165, 1.54) is 43.2 Å². The van der Waals surface area contributed by atoms with Gasteiger partial charge in [0.05, 0.1) is 0 Å². The fraction of sp³-hybridized carbons (Fsp3) is 0.444. The molecular weight excluding hydrogens is 216 g/mol. The van der Waals surface area contributed by atoms with Crippen LogP contribution in [0.5, 0.6) is 0 Å². The fourth-order valence-corrected chi connectivity index (χ4v) is 2.06. The van der Waals surface area contributed by atoms with E-state index in [0.29, 0.717) is 0 Å². The zero-order chi connectivity index (χ0) is 13.2. The van der Waals surface area contributed by atoms with Crippen LogP contribution in [0.15, 0.2) is 48.6 Å². The normalized spacial score (nSPS) is 12.8. The Labute approximate surface area is 112 Å². The van der Waals surface area contributed by atoms with Crippen LogP contribution in [-0.4, -0.2) is 0 Å². The van der Waals surface area contributed by atoms with E-state index in [-0.39, 0.29) is 0 Å². The molecule has 0 spiro atoms. The van der Waals surface area contributed by atoms with Crippen molar-refractivity contribution in [2.75, 3.05) is 0 Å². The molecule has 0 amide bonds. The van der Waals surface area contributed by atoms with Gasteiger partial charge in [0, 0.05) is 0 Å². The summed E-state index contributed by atoms with van der Waals surface area (Å²) in [5.41, 5.74) is 2.61. The van der Waals surface area contributed by atoms with Gasteiger partial charge in [-0.2, -0.15) is 0 Å². The fourth-order valence-electron chi connectivity index (χ4n) is 2.06. The van der Waals surface area contributed by atoms with Crippen LogP contribution in [0.25, 0.3) is 6.08 Å². The van der Waals surface area contributed by atoms with Gasteiger partial charge in [-0.05, 0) is 44.1 Å². The summed E-state index contributed by atoms with van der Waals surface area (Å²) in [4.78, 5) is 0. The second-order valence-electron chi connectivity index (χ2n) is 5.34. The van der Waals surface area contributed by atoms with Gasteiger partial charge in [0.15, 0.2) is 0 Å². The lowest BCUT2D eigenvalue weighted by Crippen LogP contribution is -1.94. The molecule has 1 aromatic rings. The third-order valence-electron chi connectivity index (χ3n) is 3.24. The van der Waals surface area contributed by atoms with Crippen molar-refractivity contribution in [2.24, 2.45) is 5.92 Å². The first-order valence-electron chi connectivity index (χ1n) is 7.04. The second-order valence-corrected chi connectivity index (χ2v) is 5.34. The van der Waals surface area contributed by atoms with Gasteiger partial charge in [-0.3, -0.25) is 0 Å². The maximum Gasteiger partial charge on any atom is -0.0260 e. The molecule has 0 fully saturated rings. The number of rotatable bonds is 8. The lowest BCUT2D eigenvalue weighted by Gasteiger charge is -2.09. The van der Waals surface area contributed by atoms with Gasteiger partial charge in [0.25, 0.3) is 0 Å². The predicted molar refractivity (Wildman–Crippen MR) is 82.5 cm³/mol. The Hall–Kier alpha value is -1.30. The first kappa shape index (κ1) is 14.8. The summed E-state index contributed by atoms with van der Waals surface area (Å²) in [6.45, 7) is 8.42. The Morgan fingerprint density at radius 1 is 1.22 bits per heavy atom. The molecule has 1 atom stereocenters. The van der Waals surface area contributed by atoms with Crippen molar-refractivity contribution in [3.05, 3.63) is 54.1 Å². The van der Waals surface area contributed by atoms with Gasteiger partial charge < -0.3 is 0 Å². The molecule has 98 valence electrons. The van der Waals surface area contributed by atoms with E-state index in [0.717, 1.165) is 5.92 Å². The summed E-state index contributed by atoms with van der Waals surface area (Å²) < 4.78 is 0. The van der Waals surface area contributed by atoms with Crippen LogP contribution in [0.1, 0.15) is 51.5 Å². The molecule has 0 aromatic heterocycles. The number of allylic oxidation sites excluding steroid dienone is 2. The molecule has 1 aromatic carbocycles. The lowest BCUT2D eigenvalue weighted by atomic mass is 9.97. The Morgan fingerprint density at radius 3 is 2.61 bits per heavy atom. The van der Waals surface area contributed by atoms with E-state index in [2.05, 4.69) is 62.9 Å². The SMILES string of the molecule is C=C(C)CCC[C@H](C)CCC=Cc1ccccc1. The van der Waals surface area contributed by atoms with Crippen LogP contribution in [0.4, 0.5) is 0 Å². The highest BCUT2D eigenvalue weighted by Gasteiger charge is 2.00. The van der Waals surface area contributed by atoms with E-state index >= 15 is 0 Å². The van der Waals surface area contributed by atoms with Crippen molar-refractivity contribution >= 4 is 6.08 Å². The van der Waals surface area contributed by atoms with Gasteiger partial charge in [0.1, 0.15) is 0 Å². The molecule has 0 saturated heterocycles. The van der Waals surface area contributed by atoms with Gasteiger partial charge in [0.2, 0.25) is 0 Å². The van der Waals surface area contributed by atoms with Crippen LogP contribution < -0.4 is 0 Å². The number of benzene rings is 1. The monoisotopic (exact) mass is 242 g/mol. The molecule has 0 heteroatoms. The van der Waals surface area contributed by atoms with Crippen molar-refractivity contribution in [3.63, 3.8) is 0 Å². The molecule has 1 rings (SSSR count). The molecule has 0 bridgehead atoms. The number of hydrogen-bond donors (Lipinski definition) is 0. The van der Waals surface area contributed by atoms with E-state index in [1.807, 2.05) is 0 Å². The van der Waals surface area contributed by atoms with E-state index in [1.54, 1.807) is 0 Å². The van der Waals surface area contributed by atoms with Gasteiger partial charge in [-0.15, -0.1) is 6.58 Å². The van der Waals surface area contributed by atoms with Crippen molar-refractivity contribution in [3.8, 4) is 0 Å². The van der Waals surface area contributed by atoms with E-state index < -0.39 is 0 Å². The Morgan fingerprint density at radius 2 is 1.94 bits per heavy atom. The average molecular weight is 242 g/mol. The highest BCUT2D eigenvalue weighted by Crippen LogP contribution is 2.16. The van der Waals surface area contributed by atoms with Crippen molar-refractivity contribution < 1.29 is 0 Å². The third-order valence-corrected chi connectivity index (χ3v) is 3.24. The van der Waals surface area contributed by atoms with Crippen LogP contribution in [-0.2, 0) is 0 Å². The summed E-state index contributed by atoms with van der Waals surface area (Å²) in [7, 11) is 0. The van der Waals surface area contributed by atoms with Crippen LogP contribution in [0, 0.1) is 5.92 Å². The first-order chi connectivity index (χ1) is 8.68. The van der Waals surface area contributed by atoms with Crippen molar-refractivity contribution in [1.29, 1.82) is 0 Å². The number of hydrogen-bond acceptors (Lipinski definition) is 0. The maximum atomic E-state index is 3.95. The summed E-state index contributed by atoms with van der Waals surface area (Å²) in [5, 5.41) is 0. The Kier molecular flexibility index (Phi) is 7.17. The lowest BCUT2D eigenvalue weighted by molar-refractivity contribution is 0.479. The summed E-state index contributed by atoms with van der Waals surface area (Å²) >= 11 is 0. The molecule has 0 saturated carbocycles. The summed E-state index contributed by atoms with van der Waals surface area (Å²) in [5.74, 6) is 0.824.